The number of methoxy groups -OCH3 is 1. The van der Waals surface area contributed by atoms with E-state index in [0.717, 1.165) is 16.9 Å². The van der Waals surface area contributed by atoms with Crippen LogP contribution >= 0.6 is 23.2 Å². The van der Waals surface area contributed by atoms with E-state index in [9.17, 15) is 4.79 Å². The minimum absolute atomic E-state index is 0.274. The standard InChI is InChI=1S/C24H23Cl2NO3/c1-15(2)19-6-4-5-7-23(19)30-14-17-12-16(8-11-22(17)29-3)24(28)27-21-10-9-18(25)13-20(21)26/h4-13,15H,14H2,1-3H3,(H,27,28). The average molecular weight is 444 g/mol. The van der Waals surface area contributed by atoms with Crippen molar-refractivity contribution in [2.24, 2.45) is 0 Å². The van der Waals surface area contributed by atoms with Gasteiger partial charge in [-0.3, -0.25) is 4.79 Å². The fourth-order valence-corrected chi connectivity index (χ4v) is 3.52. The molecule has 0 saturated heterocycles. The highest BCUT2D eigenvalue weighted by molar-refractivity contribution is 6.36. The van der Waals surface area contributed by atoms with E-state index in [1.54, 1.807) is 43.5 Å². The number of carbonyl (C=O) groups is 1. The molecule has 1 N–H and O–H groups in total. The molecule has 0 aliphatic rings. The van der Waals surface area contributed by atoms with Crippen LogP contribution in [0.1, 0.15) is 41.3 Å². The first-order valence-electron chi connectivity index (χ1n) is 9.54. The maximum absolute atomic E-state index is 12.7. The van der Waals surface area contributed by atoms with Crippen molar-refractivity contribution < 1.29 is 14.3 Å². The normalized spacial score (nSPS) is 10.7. The van der Waals surface area contributed by atoms with Gasteiger partial charge in [-0.15, -0.1) is 0 Å². The summed E-state index contributed by atoms with van der Waals surface area (Å²) in [4.78, 5) is 12.7. The molecule has 0 spiro atoms. The molecule has 0 heterocycles. The van der Waals surface area contributed by atoms with Gasteiger partial charge in [0.25, 0.3) is 5.91 Å². The fraction of sp³-hybridized carbons (Fsp3) is 0.208. The maximum Gasteiger partial charge on any atom is 0.255 e. The van der Waals surface area contributed by atoms with E-state index in [4.69, 9.17) is 32.7 Å². The molecule has 0 radical (unpaired) electrons. The molecule has 0 fully saturated rings. The van der Waals surface area contributed by atoms with E-state index < -0.39 is 0 Å². The Hall–Kier alpha value is -2.69. The van der Waals surface area contributed by atoms with E-state index in [0.29, 0.717) is 33.0 Å². The van der Waals surface area contributed by atoms with Gasteiger partial charge in [0.05, 0.1) is 17.8 Å². The average Bonchev–Trinajstić information content (AvgIpc) is 2.74. The van der Waals surface area contributed by atoms with Gasteiger partial charge in [-0.25, -0.2) is 0 Å². The number of rotatable bonds is 7. The molecule has 6 heteroatoms. The van der Waals surface area contributed by atoms with Crippen molar-refractivity contribution in [3.05, 3.63) is 87.4 Å². The molecule has 3 aromatic carbocycles. The van der Waals surface area contributed by atoms with Crippen LogP contribution in [0.15, 0.2) is 60.7 Å². The summed E-state index contributed by atoms with van der Waals surface area (Å²) < 4.78 is 11.5. The summed E-state index contributed by atoms with van der Waals surface area (Å²) in [5.74, 6) is 1.52. The summed E-state index contributed by atoms with van der Waals surface area (Å²) in [6.45, 7) is 4.51. The zero-order valence-corrected chi connectivity index (χ0v) is 18.6. The predicted molar refractivity (Wildman–Crippen MR) is 122 cm³/mol. The first kappa shape index (κ1) is 22.0. The Morgan fingerprint density at radius 1 is 1.00 bits per heavy atom. The number of amides is 1. The van der Waals surface area contributed by atoms with Crippen molar-refractivity contribution >= 4 is 34.8 Å². The third-order valence-electron chi connectivity index (χ3n) is 4.65. The maximum atomic E-state index is 12.7. The molecule has 0 aliphatic carbocycles. The minimum atomic E-state index is -0.286. The Bertz CT molecular complexity index is 1050. The highest BCUT2D eigenvalue weighted by atomic mass is 35.5. The fourth-order valence-electron chi connectivity index (χ4n) is 3.06. The van der Waals surface area contributed by atoms with E-state index in [-0.39, 0.29) is 12.5 Å². The van der Waals surface area contributed by atoms with Crippen LogP contribution in [0.3, 0.4) is 0 Å². The molecule has 156 valence electrons. The Kier molecular flexibility index (Phi) is 7.24. The van der Waals surface area contributed by atoms with Crippen molar-refractivity contribution in [1.82, 2.24) is 0 Å². The van der Waals surface area contributed by atoms with Crippen molar-refractivity contribution in [2.75, 3.05) is 12.4 Å². The number of benzene rings is 3. The van der Waals surface area contributed by atoms with Crippen molar-refractivity contribution in [3.63, 3.8) is 0 Å². The largest absolute Gasteiger partial charge is 0.496 e. The summed E-state index contributed by atoms with van der Waals surface area (Å²) in [5, 5.41) is 3.68. The third-order valence-corrected chi connectivity index (χ3v) is 5.19. The molecule has 3 rings (SSSR count). The van der Waals surface area contributed by atoms with E-state index >= 15 is 0 Å². The molecule has 4 nitrogen and oxygen atoms in total. The van der Waals surface area contributed by atoms with Crippen LogP contribution < -0.4 is 14.8 Å². The number of halogens is 2. The summed E-state index contributed by atoms with van der Waals surface area (Å²) in [6, 6.07) is 18.1. The van der Waals surface area contributed by atoms with Crippen molar-refractivity contribution in [2.45, 2.75) is 26.4 Å². The van der Waals surface area contributed by atoms with Gasteiger partial charge >= 0.3 is 0 Å². The Labute approximate surface area is 186 Å². The third kappa shape index (κ3) is 5.26. The van der Waals surface area contributed by atoms with Crippen LogP contribution in [0.25, 0.3) is 0 Å². The quantitative estimate of drug-likeness (QED) is 0.429. The second-order valence-corrected chi connectivity index (χ2v) is 7.93. The molecular weight excluding hydrogens is 421 g/mol. The first-order valence-corrected chi connectivity index (χ1v) is 10.3. The van der Waals surface area contributed by atoms with Crippen LogP contribution in [0, 0.1) is 0 Å². The zero-order valence-electron chi connectivity index (χ0n) is 17.0. The number of carbonyl (C=O) groups excluding carboxylic acids is 1. The van der Waals surface area contributed by atoms with Crippen molar-refractivity contribution in [3.8, 4) is 11.5 Å². The van der Waals surface area contributed by atoms with Gasteiger partial charge in [0.2, 0.25) is 0 Å². The molecule has 0 unspecified atom stereocenters. The van der Waals surface area contributed by atoms with Gasteiger partial charge in [0.15, 0.2) is 0 Å². The Balaban J connectivity index is 1.80. The summed E-state index contributed by atoms with van der Waals surface area (Å²) in [7, 11) is 1.59. The van der Waals surface area contributed by atoms with Crippen LogP contribution in [-0.4, -0.2) is 13.0 Å². The van der Waals surface area contributed by atoms with Crippen molar-refractivity contribution in [1.29, 1.82) is 0 Å². The highest BCUT2D eigenvalue weighted by Crippen LogP contribution is 2.29. The number of hydrogen-bond donors (Lipinski definition) is 1. The monoisotopic (exact) mass is 443 g/mol. The van der Waals surface area contributed by atoms with Gasteiger partial charge in [-0.2, -0.15) is 0 Å². The number of nitrogens with one attached hydrogen (secondary N) is 1. The second-order valence-electron chi connectivity index (χ2n) is 7.09. The predicted octanol–water partition coefficient (Wildman–Crippen LogP) is 6.96. The highest BCUT2D eigenvalue weighted by Gasteiger charge is 2.14. The van der Waals surface area contributed by atoms with Crippen LogP contribution in [0.5, 0.6) is 11.5 Å². The second kappa shape index (κ2) is 9.88. The summed E-state index contributed by atoms with van der Waals surface area (Å²) in [6.07, 6.45) is 0. The van der Waals surface area contributed by atoms with Gasteiger partial charge in [0, 0.05) is 16.1 Å². The van der Waals surface area contributed by atoms with Crippen LogP contribution in [0.2, 0.25) is 10.0 Å². The number of ether oxygens (including phenoxy) is 2. The lowest BCUT2D eigenvalue weighted by atomic mass is 10.0. The van der Waals surface area contributed by atoms with E-state index in [1.165, 1.54) is 0 Å². The molecule has 0 aromatic heterocycles. The molecular formula is C24H23Cl2NO3. The Morgan fingerprint density at radius 3 is 2.47 bits per heavy atom. The van der Waals surface area contributed by atoms with Gasteiger partial charge in [0.1, 0.15) is 18.1 Å². The molecule has 1 amide bonds. The number of para-hydroxylation sites is 1. The summed E-state index contributed by atoms with van der Waals surface area (Å²) >= 11 is 12.1. The number of anilines is 1. The van der Waals surface area contributed by atoms with Gasteiger partial charge in [-0.1, -0.05) is 55.2 Å². The van der Waals surface area contributed by atoms with Gasteiger partial charge in [-0.05, 0) is 53.9 Å². The lowest BCUT2D eigenvalue weighted by Crippen LogP contribution is -2.13. The number of hydrogen-bond acceptors (Lipinski definition) is 3. The molecule has 0 saturated carbocycles. The topological polar surface area (TPSA) is 47.6 Å². The smallest absolute Gasteiger partial charge is 0.255 e. The SMILES string of the molecule is COc1ccc(C(=O)Nc2ccc(Cl)cc2Cl)cc1COc1ccccc1C(C)C. The van der Waals surface area contributed by atoms with Gasteiger partial charge < -0.3 is 14.8 Å². The molecule has 30 heavy (non-hydrogen) atoms. The first-order chi connectivity index (χ1) is 14.4. The minimum Gasteiger partial charge on any atom is -0.496 e. The molecule has 3 aromatic rings. The molecule has 0 aliphatic heterocycles. The van der Waals surface area contributed by atoms with E-state index in [1.807, 2.05) is 18.2 Å². The van der Waals surface area contributed by atoms with Crippen LogP contribution in [-0.2, 0) is 6.61 Å². The van der Waals surface area contributed by atoms with E-state index in [2.05, 4.69) is 25.2 Å². The lowest BCUT2D eigenvalue weighted by Gasteiger charge is -2.16. The molecule has 0 atom stereocenters. The molecule has 0 bridgehead atoms. The van der Waals surface area contributed by atoms with Crippen LogP contribution in [0.4, 0.5) is 5.69 Å². The summed E-state index contributed by atoms with van der Waals surface area (Å²) in [5.41, 5.74) is 2.86. The lowest BCUT2D eigenvalue weighted by molar-refractivity contribution is 0.102. The Morgan fingerprint density at radius 2 is 1.77 bits per heavy atom. The zero-order chi connectivity index (χ0) is 21.7.